The van der Waals surface area contributed by atoms with Gasteiger partial charge in [0, 0.05) is 24.9 Å². The van der Waals surface area contributed by atoms with Crippen LogP contribution in [0.25, 0.3) is 0 Å². The van der Waals surface area contributed by atoms with E-state index in [1.807, 2.05) is 0 Å². The van der Waals surface area contributed by atoms with Gasteiger partial charge < -0.3 is 10.6 Å². The number of anilines is 2. The lowest BCUT2D eigenvalue weighted by molar-refractivity contribution is -0.385. The SMILES string of the molecule is CNC(=O)c1cc(NC(=O)c2ccccc2NS(=O)(=O)c2cccc([N+](=O)[O-])c2)ccc1Cl. The molecule has 0 bridgehead atoms. The summed E-state index contributed by atoms with van der Waals surface area (Å²) in [5.41, 5.74) is -0.0283. The maximum atomic E-state index is 12.9. The number of non-ortho nitro benzene ring substituents is 1. The number of nitrogens with zero attached hydrogens (tertiary/aromatic N) is 1. The molecule has 0 radical (unpaired) electrons. The van der Waals surface area contributed by atoms with E-state index in [1.165, 1.54) is 67.7 Å². The molecule has 0 fully saturated rings. The van der Waals surface area contributed by atoms with E-state index >= 15 is 0 Å². The second-order valence-electron chi connectivity index (χ2n) is 6.63. The molecule has 0 atom stereocenters. The standard InChI is InChI=1S/C21H17ClN4O6S/c1-23-20(27)17-11-13(9-10-18(17)22)24-21(28)16-7-2-3-8-19(16)25-33(31,32)15-6-4-5-14(12-15)26(29)30/h2-12,25H,1H3,(H,23,27)(H,24,28). The molecule has 0 heterocycles. The quantitative estimate of drug-likeness (QED) is 0.341. The Labute approximate surface area is 193 Å². The van der Waals surface area contributed by atoms with Crippen molar-refractivity contribution in [3.63, 3.8) is 0 Å². The van der Waals surface area contributed by atoms with E-state index in [2.05, 4.69) is 15.4 Å². The van der Waals surface area contributed by atoms with Crippen LogP contribution in [0.15, 0.2) is 71.6 Å². The van der Waals surface area contributed by atoms with Crippen molar-refractivity contribution in [2.24, 2.45) is 0 Å². The molecule has 10 nitrogen and oxygen atoms in total. The van der Waals surface area contributed by atoms with Gasteiger partial charge >= 0.3 is 0 Å². The molecule has 2 amide bonds. The van der Waals surface area contributed by atoms with Crippen molar-refractivity contribution < 1.29 is 22.9 Å². The smallest absolute Gasteiger partial charge is 0.270 e. The number of amides is 2. The third kappa shape index (κ3) is 5.45. The van der Waals surface area contributed by atoms with E-state index in [9.17, 15) is 28.1 Å². The van der Waals surface area contributed by atoms with Crippen molar-refractivity contribution in [2.75, 3.05) is 17.1 Å². The van der Waals surface area contributed by atoms with Gasteiger partial charge in [0.25, 0.3) is 27.5 Å². The van der Waals surface area contributed by atoms with E-state index in [0.717, 1.165) is 6.07 Å². The number of rotatable bonds is 7. The first-order valence-corrected chi connectivity index (χ1v) is 11.2. The number of carbonyl (C=O) groups is 2. The molecule has 3 aromatic carbocycles. The minimum absolute atomic E-state index is 0.0112. The molecule has 0 aliphatic carbocycles. The molecule has 3 rings (SSSR count). The third-order valence-electron chi connectivity index (χ3n) is 4.45. The van der Waals surface area contributed by atoms with Gasteiger partial charge in [0.1, 0.15) is 0 Å². The van der Waals surface area contributed by atoms with Gasteiger partial charge in [-0.05, 0) is 36.4 Å². The van der Waals surface area contributed by atoms with Crippen molar-refractivity contribution >= 4 is 50.5 Å². The highest BCUT2D eigenvalue weighted by Gasteiger charge is 2.21. The summed E-state index contributed by atoms with van der Waals surface area (Å²) in [5, 5.41) is 16.2. The minimum atomic E-state index is -4.23. The molecule has 0 aliphatic rings. The normalized spacial score (nSPS) is 10.8. The van der Waals surface area contributed by atoms with Crippen molar-refractivity contribution in [1.29, 1.82) is 0 Å². The van der Waals surface area contributed by atoms with Crippen molar-refractivity contribution in [2.45, 2.75) is 4.90 Å². The van der Waals surface area contributed by atoms with Gasteiger partial charge in [0.2, 0.25) is 0 Å². The maximum absolute atomic E-state index is 12.9. The molecule has 0 saturated carbocycles. The summed E-state index contributed by atoms with van der Waals surface area (Å²) in [6.45, 7) is 0. The number of hydrogen-bond donors (Lipinski definition) is 3. The van der Waals surface area contributed by atoms with Gasteiger partial charge in [-0.15, -0.1) is 0 Å². The summed E-state index contributed by atoms with van der Waals surface area (Å²) in [7, 11) is -2.79. The molecular weight excluding hydrogens is 472 g/mol. The van der Waals surface area contributed by atoms with E-state index in [4.69, 9.17) is 11.6 Å². The lowest BCUT2D eigenvalue weighted by Gasteiger charge is -2.13. The van der Waals surface area contributed by atoms with Crippen molar-refractivity contribution in [1.82, 2.24) is 5.32 Å². The van der Waals surface area contributed by atoms with Crippen LogP contribution in [0.5, 0.6) is 0 Å². The molecule has 12 heteroatoms. The fourth-order valence-electron chi connectivity index (χ4n) is 2.85. The summed E-state index contributed by atoms with van der Waals surface area (Å²) >= 11 is 6.02. The summed E-state index contributed by atoms with van der Waals surface area (Å²) < 4.78 is 27.8. The summed E-state index contributed by atoms with van der Waals surface area (Å²) in [4.78, 5) is 34.7. The van der Waals surface area contributed by atoms with Gasteiger partial charge in [-0.3, -0.25) is 24.4 Å². The Kier molecular flexibility index (Phi) is 6.95. The zero-order valence-corrected chi connectivity index (χ0v) is 18.6. The first kappa shape index (κ1) is 23.7. The largest absolute Gasteiger partial charge is 0.355 e. The van der Waals surface area contributed by atoms with Crippen LogP contribution < -0.4 is 15.4 Å². The molecular formula is C21H17ClN4O6S. The second-order valence-corrected chi connectivity index (χ2v) is 8.72. The van der Waals surface area contributed by atoms with Crippen LogP contribution in [0.3, 0.4) is 0 Å². The number of benzene rings is 3. The summed E-state index contributed by atoms with van der Waals surface area (Å²) in [6, 6.07) is 14.7. The van der Waals surface area contributed by atoms with E-state index in [1.54, 1.807) is 0 Å². The number of nitro benzene ring substituents is 1. The Morgan fingerprint density at radius 2 is 1.67 bits per heavy atom. The molecule has 0 aliphatic heterocycles. The van der Waals surface area contributed by atoms with Crippen LogP contribution in [0.1, 0.15) is 20.7 Å². The predicted molar refractivity (Wildman–Crippen MR) is 123 cm³/mol. The lowest BCUT2D eigenvalue weighted by Crippen LogP contribution is -2.20. The van der Waals surface area contributed by atoms with Gasteiger partial charge in [-0.1, -0.05) is 29.8 Å². The van der Waals surface area contributed by atoms with Crippen LogP contribution in [0, 0.1) is 10.1 Å². The van der Waals surface area contributed by atoms with Crippen LogP contribution in [-0.2, 0) is 10.0 Å². The number of nitro groups is 1. The minimum Gasteiger partial charge on any atom is -0.355 e. The number of hydrogen-bond acceptors (Lipinski definition) is 6. The highest BCUT2D eigenvalue weighted by Crippen LogP contribution is 2.25. The fraction of sp³-hybridized carbons (Fsp3) is 0.0476. The van der Waals surface area contributed by atoms with E-state index in [-0.39, 0.29) is 32.4 Å². The topological polar surface area (TPSA) is 148 Å². The van der Waals surface area contributed by atoms with Crippen molar-refractivity contribution in [3.05, 3.63) is 93.0 Å². The summed E-state index contributed by atoms with van der Waals surface area (Å²) in [5.74, 6) is -1.10. The van der Waals surface area contributed by atoms with Gasteiger partial charge in [-0.25, -0.2) is 8.42 Å². The zero-order chi connectivity index (χ0) is 24.2. The van der Waals surface area contributed by atoms with Crippen LogP contribution in [-0.4, -0.2) is 32.2 Å². The molecule has 0 spiro atoms. The molecule has 3 N–H and O–H groups in total. The van der Waals surface area contributed by atoms with Gasteiger partial charge in [0.05, 0.1) is 31.7 Å². The van der Waals surface area contributed by atoms with Crippen LogP contribution in [0.2, 0.25) is 5.02 Å². The molecule has 170 valence electrons. The number of nitrogens with one attached hydrogen (secondary N) is 3. The maximum Gasteiger partial charge on any atom is 0.270 e. The first-order valence-electron chi connectivity index (χ1n) is 9.31. The van der Waals surface area contributed by atoms with Crippen LogP contribution in [0.4, 0.5) is 17.1 Å². The highest BCUT2D eigenvalue weighted by molar-refractivity contribution is 7.92. The van der Waals surface area contributed by atoms with Gasteiger partial charge in [0.15, 0.2) is 0 Å². The molecule has 33 heavy (non-hydrogen) atoms. The molecule has 3 aromatic rings. The van der Waals surface area contributed by atoms with Gasteiger partial charge in [-0.2, -0.15) is 0 Å². The first-order chi connectivity index (χ1) is 15.6. The zero-order valence-electron chi connectivity index (χ0n) is 17.0. The molecule has 0 unspecified atom stereocenters. The molecule has 0 aromatic heterocycles. The monoisotopic (exact) mass is 488 g/mol. The van der Waals surface area contributed by atoms with Crippen molar-refractivity contribution in [3.8, 4) is 0 Å². The third-order valence-corrected chi connectivity index (χ3v) is 6.14. The highest BCUT2D eigenvalue weighted by atomic mass is 35.5. The predicted octanol–water partition coefficient (Wildman–Crippen LogP) is 3.66. The fourth-order valence-corrected chi connectivity index (χ4v) is 4.17. The van der Waals surface area contributed by atoms with E-state index in [0.29, 0.717) is 0 Å². The number of para-hydroxylation sites is 1. The average molecular weight is 489 g/mol. The Balaban J connectivity index is 1.89. The number of halogens is 1. The second kappa shape index (κ2) is 9.67. The van der Waals surface area contributed by atoms with Crippen LogP contribution >= 0.6 is 11.6 Å². The Morgan fingerprint density at radius 1 is 0.939 bits per heavy atom. The van der Waals surface area contributed by atoms with E-state index < -0.39 is 32.4 Å². The Hall–Kier alpha value is -3.96. The Bertz CT molecular complexity index is 1360. The summed E-state index contributed by atoms with van der Waals surface area (Å²) in [6.07, 6.45) is 0. The number of sulfonamides is 1. The number of carbonyl (C=O) groups excluding carboxylic acids is 2. The molecule has 0 saturated heterocycles. The lowest BCUT2D eigenvalue weighted by atomic mass is 10.1. The average Bonchev–Trinajstić information content (AvgIpc) is 2.80. The Morgan fingerprint density at radius 3 is 2.36 bits per heavy atom.